The number of H-pyrrole nitrogens is 1. The number of carbonyl (C=O) groups excluding carboxylic acids is 2. The molecule has 2 aromatic carbocycles. The lowest BCUT2D eigenvalue weighted by Crippen LogP contribution is -2.40. The first-order valence-corrected chi connectivity index (χ1v) is 12.4. The van der Waals surface area contributed by atoms with E-state index in [1.807, 2.05) is 68.4 Å². The van der Waals surface area contributed by atoms with Gasteiger partial charge in [-0.1, -0.05) is 48.9 Å². The van der Waals surface area contributed by atoms with Crippen molar-refractivity contribution in [2.45, 2.75) is 45.2 Å². The molecule has 2 amide bonds. The summed E-state index contributed by atoms with van der Waals surface area (Å²) in [6, 6.07) is 18.9. The minimum absolute atomic E-state index is 0.139. The number of hydrogen-bond acceptors (Lipinski definition) is 5. The molecule has 0 radical (unpaired) electrons. The van der Waals surface area contributed by atoms with E-state index in [9.17, 15) is 9.59 Å². The topological polar surface area (TPSA) is 103 Å². The number of rotatable bonds is 7. The van der Waals surface area contributed by atoms with E-state index in [1.54, 1.807) is 6.07 Å². The van der Waals surface area contributed by atoms with Crippen LogP contribution in [0.2, 0.25) is 0 Å². The molecule has 1 aliphatic heterocycles. The van der Waals surface area contributed by atoms with E-state index in [0.717, 1.165) is 25.2 Å². The maximum absolute atomic E-state index is 12.9. The highest BCUT2D eigenvalue weighted by Gasteiger charge is 2.26. The lowest BCUT2D eigenvalue weighted by atomic mass is 9.94. The number of piperidine rings is 1. The number of anilines is 1. The first kappa shape index (κ1) is 23.8. The summed E-state index contributed by atoms with van der Waals surface area (Å²) in [5, 5.41) is 12.8. The highest BCUT2D eigenvalue weighted by atomic mass is 16.3. The number of aromatic amines is 1. The molecule has 3 N–H and O–H groups in total. The van der Waals surface area contributed by atoms with Gasteiger partial charge in [0.25, 0.3) is 11.8 Å². The zero-order valence-electron chi connectivity index (χ0n) is 20.6. The van der Waals surface area contributed by atoms with Crippen molar-refractivity contribution in [2.24, 2.45) is 0 Å². The second-order valence-corrected chi connectivity index (χ2v) is 9.86. The number of nitrogens with zero attached hydrogens (tertiary/aromatic N) is 2. The van der Waals surface area contributed by atoms with Crippen LogP contribution in [0.4, 0.5) is 5.82 Å². The normalized spacial score (nSPS) is 14.6. The predicted octanol–water partition coefficient (Wildman–Crippen LogP) is 5.06. The van der Waals surface area contributed by atoms with Crippen molar-refractivity contribution >= 4 is 28.7 Å². The number of nitrogens with one attached hydrogen (secondary N) is 3. The van der Waals surface area contributed by atoms with Gasteiger partial charge in [0.05, 0.1) is 5.54 Å². The SMILES string of the molecule is CC(C)(NC(=O)c1cc2[nH]nc(NC(=O)c3ccc(CN4CCCCC4)cc3)c2o1)c1ccccc1. The Hall–Kier alpha value is -3.91. The van der Waals surface area contributed by atoms with E-state index >= 15 is 0 Å². The first-order valence-electron chi connectivity index (χ1n) is 12.4. The molecular weight excluding hydrogens is 454 g/mol. The van der Waals surface area contributed by atoms with Gasteiger partial charge in [0, 0.05) is 18.2 Å². The van der Waals surface area contributed by atoms with Crippen LogP contribution in [0.25, 0.3) is 11.1 Å². The van der Waals surface area contributed by atoms with Gasteiger partial charge in [-0.3, -0.25) is 19.6 Å². The summed E-state index contributed by atoms with van der Waals surface area (Å²) in [6.07, 6.45) is 3.81. The van der Waals surface area contributed by atoms with Crippen molar-refractivity contribution in [2.75, 3.05) is 18.4 Å². The number of fused-ring (bicyclic) bond motifs is 1. The zero-order chi connectivity index (χ0) is 25.1. The highest BCUT2D eigenvalue weighted by molar-refractivity contribution is 6.07. The molecule has 1 aliphatic rings. The molecule has 36 heavy (non-hydrogen) atoms. The summed E-state index contributed by atoms with van der Waals surface area (Å²) in [5.74, 6) is -0.260. The van der Waals surface area contributed by atoms with Crippen molar-refractivity contribution in [3.05, 3.63) is 83.1 Å². The Kier molecular flexibility index (Phi) is 6.61. The molecule has 0 bridgehead atoms. The third-order valence-corrected chi connectivity index (χ3v) is 6.68. The van der Waals surface area contributed by atoms with Gasteiger partial charge in [-0.2, -0.15) is 5.10 Å². The molecule has 5 rings (SSSR count). The van der Waals surface area contributed by atoms with Crippen LogP contribution < -0.4 is 10.6 Å². The summed E-state index contributed by atoms with van der Waals surface area (Å²) in [7, 11) is 0. The van der Waals surface area contributed by atoms with E-state index in [2.05, 4.69) is 25.7 Å². The number of likely N-dealkylation sites (tertiary alicyclic amines) is 1. The number of hydrogen-bond donors (Lipinski definition) is 3. The van der Waals surface area contributed by atoms with Gasteiger partial charge in [-0.15, -0.1) is 0 Å². The Balaban J connectivity index is 1.25. The molecule has 0 spiro atoms. The van der Waals surface area contributed by atoms with Crippen LogP contribution in [0.1, 0.15) is 65.1 Å². The number of benzene rings is 2. The molecule has 0 unspecified atom stereocenters. The summed E-state index contributed by atoms with van der Waals surface area (Å²) in [5.41, 5.74) is 2.97. The Labute approximate surface area is 210 Å². The van der Waals surface area contributed by atoms with Gasteiger partial charge in [0.15, 0.2) is 17.2 Å². The van der Waals surface area contributed by atoms with Gasteiger partial charge in [0.2, 0.25) is 0 Å². The minimum atomic E-state index is -0.589. The molecule has 1 saturated heterocycles. The van der Waals surface area contributed by atoms with Crippen LogP contribution in [0.3, 0.4) is 0 Å². The fourth-order valence-corrected chi connectivity index (χ4v) is 4.60. The molecule has 2 aromatic heterocycles. The maximum Gasteiger partial charge on any atom is 0.287 e. The predicted molar refractivity (Wildman–Crippen MR) is 139 cm³/mol. The number of amides is 2. The molecular formula is C28H31N5O3. The van der Waals surface area contributed by atoms with Crippen molar-refractivity contribution < 1.29 is 14.0 Å². The molecule has 8 nitrogen and oxygen atoms in total. The van der Waals surface area contributed by atoms with Gasteiger partial charge in [0.1, 0.15) is 5.52 Å². The third kappa shape index (κ3) is 5.18. The Morgan fingerprint density at radius 2 is 1.72 bits per heavy atom. The Bertz CT molecular complexity index is 1350. The van der Waals surface area contributed by atoms with Crippen LogP contribution in [0.15, 0.2) is 65.1 Å². The van der Waals surface area contributed by atoms with Gasteiger partial charge < -0.3 is 15.1 Å². The van der Waals surface area contributed by atoms with Crippen LogP contribution in [0, 0.1) is 0 Å². The van der Waals surface area contributed by atoms with Gasteiger partial charge in [-0.25, -0.2) is 0 Å². The van der Waals surface area contributed by atoms with E-state index in [1.165, 1.54) is 24.8 Å². The van der Waals surface area contributed by atoms with E-state index in [4.69, 9.17) is 4.42 Å². The number of aromatic nitrogens is 2. The fourth-order valence-electron chi connectivity index (χ4n) is 4.60. The minimum Gasteiger partial charge on any atom is -0.445 e. The van der Waals surface area contributed by atoms with Crippen molar-refractivity contribution in [1.82, 2.24) is 20.4 Å². The largest absolute Gasteiger partial charge is 0.445 e. The van der Waals surface area contributed by atoms with Crippen LogP contribution in [0.5, 0.6) is 0 Å². The molecule has 0 aliphatic carbocycles. The molecule has 1 fully saturated rings. The van der Waals surface area contributed by atoms with E-state index < -0.39 is 5.54 Å². The lowest BCUT2D eigenvalue weighted by molar-refractivity contribution is 0.0885. The quantitative estimate of drug-likeness (QED) is 0.340. The van der Waals surface area contributed by atoms with Crippen molar-refractivity contribution in [3.63, 3.8) is 0 Å². The summed E-state index contributed by atoms with van der Waals surface area (Å²) < 4.78 is 5.80. The summed E-state index contributed by atoms with van der Waals surface area (Å²) >= 11 is 0. The fraction of sp³-hybridized carbons (Fsp3) is 0.321. The lowest BCUT2D eigenvalue weighted by Gasteiger charge is -2.26. The number of furan rings is 1. The molecule has 0 saturated carbocycles. The van der Waals surface area contributed by atoms with Crippen molar-refractivity contribution in [1.29, 1.82) is 0 Å². The Morgan fingerprint density at radius 3 is 2.44 bits per heavy atom. The molecule has 186 valence electrons. The second-order valence-electron chi connectivity index (χ2n) is 9.86. The standard InChI is InChI=1S/C28H31N5O3/c1-28(2,21-9-5-3-6-10-21)30-27(35)23-17-22-24(36-23)25(32-31-22)29-26(34)20-13-11-19(12-14-20)18-33-15-7-4-8-16-33/h3,5-6,9-14,17H,4,7-8,15-16,18H2,1-2H3,(H,30,35)(H2,29,31,32,34). The summed E-state index contributed by atoms with van der Waals surface area (Å²) in [6.45, 7) is 7.02. The first-order chi connectivity index (χ1) is 17.4. The highest BCUT2D eigenvalue weighted by Crippen LogP contribution is 2.26. The van der Waals surface area contributed by atoms with E-state index in [-0.39, 0.29) is 23.4 Å². The Morgan fingerprint density at radius 1 is 1.00 bits per heavy atom. The third-order valence-electron chi connectivity index (χ3n) is 6.68. The molecule has 4 aromatic rings. The van der Waals surface area contributed by atoms with Gasteiger partial charge in [-0.05, 0) is 63.0 Å². The van der Waals surface area contributed by atoms with Crippen molar-refractivity contribution in [3.8, 4) is 0 Å². The summed E-state index contributed by atoms with van der Waals surface area (Å²) in [4.78, 5) is 28.2. The number of carbonyl (C=O) groups is 2. The van der Waals surface area contributed by atoms with E-state index in [0.29, 0.717) is 16.7 Å². The molecule has 3 heterocycles. The molecule has 8 heteroatoms. The second kappa shape index (κ2) is 9.99. The van der Waals surface area contributed by atoms with Crippen LogP contribution in [-0.2, 0) is 12.1 Å². The van der Waals surface area contributed by atoms with Gasteiger partial charge >= 0.3 is 0 Å². The average molecular weight is 486 g/mol. The monoisotopic (exact) mass is 485 g/mol. The van der Waals surface area contributed by atoms with Crippen LogP contribution in [-0.4, -0.2) is 40.0 Å². The van der Waals surface area contributed by atoms with Crippen LogP contribution >= 0.6 is 0 Å². The smallest absolute Gasteiger partial charge is 0.287 e. The maximum atomic E-state index is 12.9. The average Bonchev–Trinajstić information content (AvgIpc) is 3.47. The molecule has 0 atom stereocenters. The zero-order valence-corrected chi connectivity index (χ0v) is 20.6.